The fourth-order valence-electron chi connectivity index (χ4n) is 2.55. The number of carbonyl (C=O) groups excluding carboxylic acids is 2. The number of anilines is 2. The van der Waals surface area contributed by atoms with E-state index < -0.39 is 0 Å². The number of hydrogen-bond acceptors (Lipinski definition) is 5. The van der Waals surface area contributed by atoms with Crippen LogP contribution in [0.4, 0.5) is 11.4 Å². The highest BCUT2D eigenvalue weighted by molar-refractivity contribution is 7.80. The summed E-state index contributed by atoms with van der Waals surface area (Å²) in [7, 11) is 1.51. The molecule has 0 aliphatic carbocycles. The fourth-order valence-corrected chi connectivity index (χ4v) is 2.76. The molecule has 2 aromatic rings. The smallest absolute Gasteiger partial charge is 0.257 e. The van der Waals surface area contributed by atoms with Gasteiger partial charge in [0, 0.05) is 23.2 Å². The highest BCUT2D eigenvalue weighted by Crippen LogP contribution is 2.28. The maximum Gasteiger partial charge on any atom is 0.257 e. The molecule has 0 fully saturated rings. The lowest BCUT2D eigenvalue weighted by Gasteiger charge is -2.15. The molecule has 2 rings (SSSR count). The first-order valence-electron chi connectivity index (χ1n) is 10.2. The van der Waals surface area contributed by atoms with E-state index in [2.05, 4.69) is 22.9 Å². The topological polar surface area (TPSA) is 88.7 Å². The third-order valence-electron chi connectivity index (χ3n) is 4.33. The lowest BCUT2D eigenvalue weighted by atomic mass is 10.2. The van der Waals surface area contributed by atoms with Gasteiger partial charge in [-0.2, -0.15) is 0 Å². The third kappa shape index (κ3) is 7.57. The van der Waals surface area contributed by atoms with Crippen molar-refractivity contribution < 1.29 is 19.1 Å². The Morgan fingerprint density at radius 1 is 1.10 bits per heavy atom. The lowest BCUT2D eigenvalue weighted by Crippen LogP contribution is -2.34. The molecular weight excluding hydrogens is 414 g/mol. The van der Waals surface area contributed by atoms with E-state index in [-0.39, 0.29) is 22.8 Å². The van der Waals surface area contributed by atoms with Crippen molar-refractivity contribution in [3.8, 4) is 11.5 Å². The van der Waals surface area contributed by atoms with Crippen molar-refractivity contribution >= 4 is 40.5 Å². The van der Waals surface area contributed by atoms with Crippen molar-refractivity contribution in [2.24, 2.45) is 5.92 Å². The van der Waals surface area contributed by atoms with Gasteiger partial charge in [0.05, 0.1) is 19.4 Å². The second-order valence-corrected chi connectivity index (χ2v) is 7.61. The molecule has 0 heterocycles. The minimum Gasteiger partial charge on any atom is -0.494 e. The van der Waals surface area contributed by atoms with E-state index in [1.807, 2.05) is 19.9 Å². The van der Waals surface area contributed by atoms with Gasteiger partial charge < -0.3 is 20.1 Å². The summed E-state index contributed by atoms with van der Waals surface area (Å²) in [4.78, 5) is 24.5. The average molecular weight is 444 g/mol. The summed E-state index contributed by atoms with van der Waals surface area (Å²) in [5, 5.41) is 8.56. The molecule has 0 unspecified atom stereocenters. The fraction of sp³-hybridized carbons (Fsp3) is 0.348. The molecule has 0 saturated carbocycles. The van der Waals surface area contributed by atoms with E-state index in [1.54, 1.807) is 36.4 Å². The number of nitrogens with one attached hydrogen (secondary N) is 3. The van der Waals surface area contributed by atoms with Gasteiger partial charge in [-0.15, -0.1) is 0 Å². The zero-order valence-corrected chi connectivity index (χ0v) is 19.1. The summed E-state index contributed by atoms with van der Waals surface area (Å²) in [6.45, 7) is 6.32. The zero-order chi connectivity index (χ0) is 22.8. The molecule has 0 saturated heterocycles. The number of benzene rings is 2. The van der Waals surface area contributed by atoms with Crippen molar-refractivity contribution in [1.29, 1.82) is 0 Å². The molecule has 0 atom stereocenters. The summed E-state index contributed by atoms with van der Waals surface area (Å²) in [5.74, 6) is 0.517. The van der Waals surface area contributed by atoms with E-state index in [0.29, 0.717) is 35.0 Å². The van der Waals surface area contributed by atoms with Crippen LogP contribution < -0.4 is 25.4 Å². The molecule has 2 aromatic carbocycles. The standard InChI is InChI=1S/C23H29N3O4S/c1-5-6-12-30-18-9-7-8-16(13-18)22(28)26-23(31)24-17-10-11-19(20(14-17)29-4)25-21(27)15(2)3/h7-11,13-15H,5-6,12H2,1-4H3,(H,25,27)(H2,24,26,28,31). The monoisotopic (exact) mass is 443 g/mol. The largest absolute Gasteiger partial charge is 0.494 e. The van der Waals surface area contributed by atoms with Crippen molar-refractivity contribution in [3.05, 3.63) is 48.0 Å². The van der Waals surface area contributed by atoms with Crippen LogP contribution >= 0.6 is 12.2 Å². The number of rotatable bonds is 9. The van der Waals surface area contributed by atoms with E-state index in [1.165, 1.54) is 7.11 Å². The van der Waals surface area contributed by atoms with Gasteiger partial charge >= 0.3 is 0 Å². The van der Waals surface area contributed by atoms with Crippen LogP contribution in [-0.4, -0.2) is 30.6 Å². The molecular formula is C23H29N3O4S. The minimum atomic E-state index is -0.341. The molecule has 0 aromatic heterocycles. The third-order valence-corrected chi connectivity index (χ3v) is 4.54. The first-order chi connectivity index (χ1) is 14.8. The summed E-state index contributed by atoms with van der Waals surface area (Å²) >= 11 is 5.26. The van der Waals surface area contributed by atoms with Crippen molar-refractivity contribution in [2.75, 3.05) is 24.4 Å². The summed E-state index contributed by atoms with van der Waals surface area (Å²) in [5.41, 5.74) is 1.62. The second kappa shape index (κ2) is 11.9. The SMILES string of the molecule is CCCCOc1cccc(C(=O)NC(=S)Nc2ccc(NC(=O)C(C)C)c(OC)c2)c1. The number of carbonyl (C=O) groups is 2. The average Bonchev–Trinajstić information content (AvgIpc) is 2.75. The molecule has 166 valence electrons. The highest BCUT2D eigenvalue weighted by Gasteiger charge is 2.13. The number of thiocarbonyl (C=S) groups is 1. The number of unbranched alkanes of at least 4 members (excludes halogenated alkanes) is 1. The van der Waals surface area contributed by atoms with Crippen LogP contribution in [0.5, 0.6) is 11.5 Å². The molecule has 31 heavy (non-hydrogen) atoms. The molecule has 7 nitrogen and oxygen atoms in total. The van der Waals surface area contributed by atoms with Crippen LogP contribution in [0.3, 0.4) is 0 Å². The van der Waals surface area contributed by atoms with Crippen LogP contribution in [0, 0.1) is 5.92 Å². The molecule has 0 aliphatic heterocycles. The maximum absolute atomic E-state index is 12.5. The van der Waals surface area contributed by atoms with Gasteiger partial charge in [-0.25, -0.2) is 0 Å². The number of methoxy groups -OCH3 is 1. The maximum atomic E-state index is 12.5. The Balaban J connectivity index is 1.99. The molecule has 0 bridgehead atoms. The van der Waals surface area contributed by atoms with Crippen LogP contribution in [0.2, 0.25) is 0 Å². The quantitative estimate of drug-likeness (QED) is 0.388. The van der Waals surface area contributed by atoms with Gasteiger partial charge in [-0.3, -0.25) is 14.9 Å². The minimum absolute atomic E-state index is 0.109. The Morgan fingerprint density at radius 2 is 1.87 bits per heavy atom. The van der Waals surface area contributed by atoms with Gasteiger partial charge in [0.15, 0.2) is 5.11 Å². The van der Waals surface area contributed by atoms with Gasteiger partial charge in [-0.1, -0.05) is 33.3 Å². The van der Waals surface area contributed by atoms with E-state index in [0.717, 1.165) is 12.8 Å². The van der Waals surface area contributed by atoms with Gasteiger partial charge in [0.2, 0.25) is 5.91 Å². The summed E-state index contributed by atoms with van der Waals surface area (Å²) in [6.07, 6.45) is 1.99. The van der Waals surface area contributed by atoms with Crippen LogP contribution in [-0.2, 0) is 4.79 Å². The van der Waals surface area contributed by atoms with Crippen LogP contribution in [0.15, 0.2) is 42.5 Å². The molecule has 0 spiro atoms. The highest BCUT2D eigenvalue weighted by atomic mass is 32.1. The van der Waals surface area contributed by atoms with Crippen LogP contribution in [0.1, 0.15) is 44.0 Å². The van der Waals surface area contributed by atoms with Crippen molar-refractivity contribution in [2.45, 2.75) is 33.6 Å². The number of amides is 2. The Hall–Kier alpha value is -3.13. The zero-order valence-electron chi connectivity index (χ0n) is 18.3. The van der Waals surface area contributed by atoms with E-state index in [4.69, 9.17) is 21.7 Å². The first kappa shape index (κ1) is 24.1. The normalized spacial score (nSPS) is 10.4. The van der Waals surface area contributed by atoms with Crippen molar-refractivity contribution in [3.63, 3.8) is 0 Å². The predicted molar refractivity (Wildman–Crippen MR) is 127 cm³/mol. The van der Waals surface area contributed by atoms with Gasteiger partial charge in [0.1, 0.15) is 11.5 Å². The molecule has 0 radical (unpaired) electrons. The Kier molecular flexibility index (Phi) is 9.27. The summed E-state index contributed by atoms with van der Waals surface area (Å²) < 4.78 is 11.0. The number of ether oxygens (including phenoxy) is 2. The molecule has 0 aliphatic rings. The Bertz CT molecular complexity index is 931. The molecule has 3 N–H and O–H groups in total. The van der Waals surface area contributed by atoms with Crippen molar-refractivity contribution in [1.82, 2.24) is 5.32 Å². The number of hydrogen-bond donors (Lipinski definition) is 3. The predicted octanol–water partition coefficient (Wildman–Crippen LogP) is 4.60. The van der Waals surface area contributed by atoms with E-state index >= 15 is 0 Å². The van der Waals surface area contributed by atoms with E-state index in [9.17, 15) is 9.59 Å². The van der Waals surface area contributed by atoms with Crippen LogP contribution in [0.25, 0.3) is 0 Å². The van der Waals surface area contributed by atoms with Gasteiger partial charge in [0.25, 0.3) is 5.91 Å². The molecule has 8 heteroatoms. The molecule has 2 amide bonds. The second-order valence-electron chi connectivity index (χ2n) is 7.20. The Labute approximate surface area is 188 Å². The first-order valence-corrected chi connectivity index (χ1v) is 10.6. The Morgan fingerprint density at radius 3 is 2.55 bits per heavy atom. The van der Waals surface area contributed by atoms with Gasteiger partial charge in [-0.05, 0) is 49.0 Å². The summed E-state index contributed by atoms with van der Waals surface area (Å²) in [6, 6.07) is 12.1. The lowest BCUT2D eigenvalue weighted by molar-refractivity contribution is -0.118.